The van der Waals surface area contributed by atoms with Gasteiger partial charge in [-0.3, -0.25) is 4.79 Å². The number of nitrogens with zero attached hydrogens (tertiary/aromatic N) is 5. The summed E-state index contributed by atoms with van der Waals surface area (Å²) in [5, 5.41) is 1.04. The Kier molecular flexibility index (Phi) is 4.17. The molecule has 0 radical (unpaired) electrons. The maximum atomic E-state index is 12.2. The van der Waals surface area contributed by atoms with Gasteiger partial charge in [0.05, 0.1) is 24.3 Å². The van der Waals surface area contributed by atoms with E-state index in [1.807, 2.05) is 18.6 Å². The number of aromatic nitrogens is 3. The highest BCUT2D eigenvalue weighted by Gasteiger charge is 2.39. The van der Waals surface area contributed by atoms with Crippen LogP contribution in [0, 0.1) is 5.92 Å². The zero-order valence-electron chi connectivity index (χ0n) is 14.7. The summed E-state index contributed by atoms with van der Waals surface area (Å²) in [6.45, 7) is 5.04. The molecule has 1 unspecified atom stereocenters. The number of hydrogen-bond donors (Lipinski definition) is 0. The van der Waals surface area contributed by atoms with Gasteiger partial charge in [-0.2, -0.15) is 0 Å². The van der Waals surface area contributed by atoms with E-state index in [4.69, 9.17) is 4.74 Å². The molecule has 2 aromatic heterocycles. The summed E-state index contributed by atoms with van der Waals surface area (Å²) in [5.41, 5.74) is 0. The summed E-state index contributed by atoms with van der Waals surface area (Å²) < 4.78 is 7.60. The fourth-order valence-corrected chi connectivity index (χ4v) is 4.88. The van der Waals surface area contributed by atoms with Gasteiger partial charge in [-0.25, -0.2) is 9.97 Å². The van der Waals surface area contributed by atoms with Crippen molar-refractivity contribution in [3.05, 3.63) is 18.6 Å². The van der Waals surface area contributed by atoms with Gasteiger partial charge in [0.15, 0.2) is 11.0 Å². The van der Waals surface area contributed by atoms with E-state index in [1.165, 1.54) is 12.8 Å². The topological polar surface area (TPSA) is 63.5 Å². The first kappa shape index (κ1) is 16.3. The summed E-state index contributed by atoms with van der Waals surface area (Å²) in [7, 11) is 0. The number of morpholine rings is 1. The van der Waals surface area contributed by atoms with Gasteiger partial charge in [-0.1, -0.05) is 11.3 Å². The molecule has 1 saturated carbocycles. The van der Waals surface area contributed by atoms with Gasteiger partial charge in [0.25, 0.3) is 0 Å². The average molecular weight is 373 g/mol. The third-order valence-corrected chi connectivity index (χ3v) is 6.45. The van der Waals surface area contributed by atoms with E-state index in [2.05, 4.69) is 24.3 Å². The van der Waals surface area contributed by atoms with E-state index in [1.54, 1.807) is 11.3 Å². The fraction of sp³-hybridized carbons (Fsp3) is 0.611. The summed E-state index contributed by atoms with van der Waals surface area (Å²) in [6.07, 6.45) is 8.81. The lowest BCUT2D eigenvalue weighted by Gasteiger charge is -2.25. The van der Waals surface area contributed by atoms with Crippen LogP contribution in [0.5, 0.6) is 0 Å². The number of amides is 1. The van der Waals surface area contributed by atoms with Crippen LogP contribution in [0.3, 0.4) is 0 Å². The lowest BCUT2D eigenvalue weighted by Crippen LogP contribution is -2.36. The molecule has 3 fully saturated rings. The van der Waals surface area contributed by atoms with Crippen molar-refractivity contribution in [1.82, 2.24) is 19.4 Å². The van der Waals surface area contributed by atoms with Crippen molar-refractivity contribution in [2.45, 2.75) is 31.8 Å². The van der Waals surface area contributed by atoms with Gasteiger partial charge in [-0.15, -0.1) is 0 Å². The second kappa shape index (κ2) is 6.66. The molecule has 1 amide bonds. The van der Waals surface area contributed by atoms with Crippen molar-refractivity contribution >= 4 is 22.4 Å². The number of rotatable bonds is 5. The van der Waals surface area contributed by atoms with Crippen molar-refractivity contribution in [1.29, 1.82) is 0 Å². The molecule has 1 atom stereocenters. The molecule has 2 aromatic rings. The highest BCUT2D eigenvalue weighted by atomic mass is 32.1. The van der Waals surface area contributed by atoms with Crippen molar-refractivity contribution in [2.24, 2.45) is 5.92 Å². The van der Waals surface area contributed by atoms with Gasteiger partial charge in [0.2, 0.25) is 5.91 Å². The third-order valence-electron chi connectivity index (χ3n) is 5.39. The first-order chi connectivity index (χ1) is 12.8. The van der Waals surface area contributed by atoms with Crippen LogP contribution in [-0.2, 0) is 16.1 Å². The molecular formula is C18H23N5O2S. The Morgan fingerprint density at radius 1 is 1.23 bits per heavy atom. The second-order valence-electron chi connectivity index (χ2n) is 7.36. The number of ether oxygens (including phenoxy) is 1. The number of hydrogen-bond acceptors (Lipinski definition) is 6. The minimum absolute atomic E-state index is 0.326. The smallest absolute Gasteiger partial charge is 0.223 e. The zero-order valence-corrected chi connectivity index (χ0v) is 15.5. The fourth-order valence-electron chi connectivity index (χ4n) is 3.90. The highest BCUT2D eigenvalue weighted by molar-refractivity contribution is 7.18. The molecule has 0 N–H and O–H groups in total. The summed E-state index contributed by atoms with van der Waals surface area (Å²) >= 11 is 1.68. The Balaban J connectivity index is 1.30. The number of imidazole rings is 1. The van der Waals surface area contributed by atoms with Crippen LogP contribution in [0.15, 0.2) is 18.6 Å². The SMILES string of the molecule is O=C1CC(Cn2ccnc2-c2cnc(N3CCOCC3)s2)CN1C1CC1. The van der Waals surface area contributed by atoms with E-state index < -0.39 is 0 Å². The van der Waals surface area contributed by atoms with Crippen LogP contribution in [-0.4, -0.2) is 64.2 Å². The molecule has 7 nitrogen and oxygen atoms in total. The van der Waals surface area contributed by atoms with Crippen LogP contribution in [0.4, 0.5) is 5.13 Å². The minimum Gasteiger partial charge on any atom is -0.378 e. The minimum atomic E-state index is 0.326. The van der Waals surface area contributed by atoms with E-state index in [-0.39, 0.29) is 0 Å². The molecule has 3 aliphatic rings. The Morgan fingerprint density at radius 2 is 2.08 bits per heavy atom. The Morgan fingerprint density at radius 3 is 2.88 bits per heavy atom. The van der Waals surface area contributed by atoms with Gasteiger partial charge < -0.3 is 19.1 Å². The lowest BCUT2D eigenvalue weighted by molar-refractivity contribution is -0.128. The number of carbonyl (C=O) groups is 1. The second-order valence-corrected chi connectivity index (χ2v) is 8.37. The van der Waals surface area contributed by atoms with Crippen molar-refractivity contribution in [3.8, 4) is 10.7 Å². The molecule has 0 aromatic carbocycles. The number of thiazole rings is 1. The molecule has 1 aliphatic carbocycles. The molecule has 5 rings (SSSR count). The number of carbonyl (C=O) groups excluding carboxylic acids is 1. The van der Waals surface area contributed by atoms with E-state index in [9.17, 15) is 4.79 Å². The Hall–Kier alpha value is -1.93. The third kappa shape index (κ3) is 3.12. The summed E-state index contributed by atoms with van der Waals surface area (Å²) in [4.78, 5) is 26.8. The number of likely N-dealkylation sites (tertiary alicyclic amines) is 1. The van der Waals surface area contributed by atoms with E-state index >= 15 is 0 Å². The Labute approximate surface area is 156 Å². The van der Waals surface area contributed by atoms with Crippen LogP contribution in [0.2, 0.25) is 0 Å². The number of anilines is 1. The van der Waals surface area contributed by atoms with Crippen LogP contribution >= 0.6 is 11.3 Å². The molecule has 8 heteroatoms. The monoisotopic (exact) mass is 373 g/mol. The molecule has 2 aliphatic heterocycles. The van der Waals surface area contributed by atoms with E-state index in [0.29, 0.717) is 24.3 Å². The quantitative estimate of drug-likeness (QED) is 0.800. The molecule has 26 heavy (non-hydrogen) atoms. The van der Waals surface area contributed by atoms with Crippen LogP contribution in [0.1, 0.15) is 19.3 Å². The maximum Gasteiger partial charge on any atom is 0.223 e. The molecule has 0 spiro atoms. The van der Waals surface area contributed by atoms with Crippen molar-refractivity contribution < 1.29 is 9.53 Å². The van der Waals surface area contributed by atoms with Gasteiger partial charge in [0, 0.05) is 57.0 Å². The normalized spacial score (nSPS) is 23.8. The first-order valence-corrected chi connectivity index (χ1v) is 10.2. The molecule has 2 saturated heterocycles. The van der Waals surface area contributed by atoms with Gasteiger partial charge in [0.1, 0.15) is 0 Å². The largest absolute Gasteiger partial charge is 0.378 e. The van der Waals surface area contributed by atoms with Crippen LogP contribution < -0.4 is 4.90 Å². The first-order valence-electron chi connectivity index (χ1n) is 9.37. The standard InChI is InChI=1S/C18H23N5O2S/c24-16-9-13(12-23(16)14-1-2-14)11-22-4-3-19-17(22)15-10-20-18(26-15)21-5-7-25-8-6-21/h3-4,10,13-14H,1-2,5-9,11-12H2. The molecule has 4 heterocycles. The maximum absolute atomic E-state index is 12.2. The summed E-state index contributed by atoms with van der Waals surface area (Å²) in [6, 6.07) is 0.521. The highest BCUT2D eigenvalue weighted by Crippen LogP contribution is 2.34. The zero-order chi connectivity index (χ0) is 17.5. The Bertz CT molecular complexity index is 793. The van der Waals surface area contributed by atoms with Crippen LogP contribution in [0.25, 0.3) is 10.7 Å². The van der Waals surface area contributed by atoms with Crippen molar-refractivity contribution in [2.75, 3.05) is 37.7 Å². The predicted octanol–water partition coefficient (Wildman–Crippen LogP) is 1.85. The van der Waals surface area contributed by atoms with Gasteiger partial charge in [-0.05, 0) is 12.8 Å². The molecule has 0 bridgehead atoms. The van der Waals surface area contributed by atoms with Crippen molar-refractivity contribution in [3.63, 3.8) is 0 Å². The summed E-state index contributed by atoms with van der Waals surface area (Å²) in [5.74, 6) is 1.66. The average Bonchev–Trinajstić information content (AvgIpc) is 3.06. The van der Waals surface area contributed by atoms with Gasteiger partial charge >= 0.3 is 0 Å². The predicted molar refractivity (Wildman–Crippen MR) is 99.2 cm³/mol. The molecular weight excluding hydrogens is 350 g/mol. The lowest BCUT2D eigenvalue weighted by atomic mass is 10.1. The molecule has 138 valence electrons. The van der Waals surface area contributed by atoms with E-state index in [0.717, 1.165) is 55.2 Å².